The number of amides is 1. The van der Waals surface area contributed by atoms with Crippen LogP contribution in [-0.4, -0.2) is 16.0 Å². The molecule has 0 bridgehead atoms. The van der Waals surface area contributed by atoms with Gasteiger partial charge in [-0.1, -0.05) is 18.2 Å². The summed E-state index contributed by atoms with van der Waals surface area (Å²) < 4.78 is 14.1. The lowest BCUT2D eigenvalue weighted by Gasteiger charge is -2.08. The molecule has 0 aliphatic carbocycles. The van der Waals surface area contributed by atoms with Crippen molar-refractivity contribution in [2.24, 2.45) is 0 Å². The maximum atomic E-state index is 11.8. The van der Waals surface area contributed by atoms with Crippen LogP contribution in [-0.2, 0) is 14.5 Å². The minimum Gasteiger partial charge on any atom is -0.280 e. The minimum absolute atomic E-state index is 0.344. The molecule has 0 spiro atoms. The number of nitrogens with one attached hydrogen (secondary N) is 1. The highest BCUT2D eigenvalue weighted by Gasteiger charge is 2.06. The van der Waals surface area contributed by atoms with Crippen LogP contribution in [0.2, 0.25) is 0 Å². The molecule has 1 atom stereocenters. The van der Waals surface area contributed by atoms with Gasteiger partial charge in [-0.25, -0.2) is 4.21 Å². The van der Waals surface area contributed by atoms with E-state index < -0.39 is 9.71 Å². The van der Waals surface area contributed by atoms with Gasteiger partial charge in [0.15, 0.2) is 0 Å². The second-order valence-corrected chi connectivity index (χ2v) is 4.67. The number of rotatable bonds is 2. The molecule has 0 fully saturated rings. The van der Waals surface area contributed by atoms with Gasteiger partial charge in [-0.15, -0.1) is 0 Å². The van der Waals surface area contributed by atoms with Gasteiger partial charge >= 0.3 is 0 Å². The molecule has 70 valence electrons. The van der Waals surface area contributed by atoms with Crippen LogP contribution in [0.4, 0.5) is 0 Å². The smallest absolute Gasteiger partial charge is 0.228 e. The second-order valence-electron chi connectivity index (χ2n) is 2.65. The normalized spacial score (nSPS) is 14.5. The molecule has 0 radical (unpaired) electrons. The van der Waals surface area contributed by atoms with Gasteiger partial charge in [-0.2, -0.15) is 0 Å². The second kappa shape index (κ2) is 3.62. The van der Waals surface area contributed by atoms with Gasteiger partial charge in [-0.3, -0.25) is 9.52 Å². The van der Waals surface area contributed by atoms with Crippen LogP contribution in [0.25, 0.3) is 0 Å². The zero-order chi connectivity index (χ0) is 9.90. The Morgan fingerprint density at radius 3 is 2.38 bits per heavy atom. The molecule has 1 rings (SSSR count). The number of carbonyl (C=O) groups is 1. The highest BCUT2D eigenvalue weighted by atomic mass is 32.2. The Labute approximate surface area is 77.9 Å². The van der Waals surface area contributed by atoms with Crippen molar-refractivity contribution in [3.05, 3.63) is 30.3 Å². The fraction of sp³-hybridized carbons (Fsp3) is 0.111. The summed E-state index contributed by atoms with van der Waals surface area (Å²) in [7, 11) is -2.66. The van der Waals surface area contributed by atoms with Crippen molar-refractivity contribution in [3.8, 4) is 0 Å². The number of hydrogen-bond acceptors (Lipinski definition) is 2. The van der Waals surface area contributed by atoms with Crippen LogP contribution in [0.3, 0.4) is 0 Å². The van der Waals surface area contributed by atoms with Crippen molar-refractivity contribution in [2.45, 2.75) is 11.8 Å². The van der Waals surface area contributed by atoms with Crippen molar-refractivity contribution in [1.29, 1.82) is 0 Å². The predicted octanol–water partition coefficient (Wildman–Crippen LogP) is 0.813. The molecule has 0 saturated heterocycles. The minimum atomic E-state index is -2.66. The first-order valence-electron chi connectivity index (χ1n) is 3.73. The van der Waals surface area contributed by atoms with E-state index >= 15 is 0 Å². The van der Waals surface area contributed by atoms with Gasteiger partial charge in [0.25, 0.3) is 0 Å². The quantitative estimate of drug-likeness (QED) is 0.713. The fourth-order valence-corrected chi connectivity index (χ4v) is 2.11. The zero-order valence-electron chi connectivity index (χ0n) is 7.32. The Morgan fingerprint density at radius 1 is 1.38 bits per heavy atom. The monoisotopic (exact) mass is 197 g/mol. The summed E-state index contributed by atoms with van der Waals surface area (Å²) in [4.78, 5) is 11.2. The van der Waals surface area contributed by atoms with E-state index in [2.05, 4.69) is 10.6 Å². The van der Waals surface area contributed by atoms with Crippen molar-refractivity contribution in [3.63, 3.8) is 0 Å². The van der Waals surface area contributed by atoms with Crippen molar-refractivity contribution in [1.82, 2.24) is 4.72 Å². The van der Waals surface area contributed by atoms with E-state index in [1.54, 1.807) is 24.3 Å². The van der Waals surface area contributed by atoms with E-state index in [0.717, 1.165) is 0 Å². The summed E-state index contributed by atoms with van der Waals surface area (Å²) in [6.45, 7) is 1.31. The molecule has 1 aromatic rings. The molecule has 0 aliphatic heterocycles. The Morgan fingerprint density at radius 2 is 1.92 bits per heavy atom. The summed E-state index contributed by atoms with van der Waals surface area (Å²) >= 11 is 0. The average Bonchev–Trinajstić information content (AvgIpc) is 2.04. The van der Waals surface area contributed by atoms with Crippen LogP contribution >= 0.6 is 0 Å². The number of benzene rings is 1. The molecule has 4 heteroatoms. The largest absolute Gasteiger partial charge is 0.280 e. The van der Waals surface area contributed by atoms with Gasteiger partial charge in [0, 0.05) is 11.8 Å². The SMILES string of the molecule is C=S(=O)(NC(C)=O)c1ccccc1. The van der Waals surface area contributed by atoms with Gasteiger partial charge < -0.3 is 0 Å². The maximum absolute atomic E-state index is 11.8. The third-order valence-corrected chi connectivity index (χ3v) is 3.08. The number of carbonyl (C=O) groups excluding carboxylic acids is 1. The summed E-state index contributed by atoms with van der Waals surface area (Å²) in [5, 5.41) is 0. The summed E-state index contributed by atoms with van der Waals surface area (Å²) in [5.41, 5.74) is 0. The molecule has 3 nitrogen and oxygen atoms in total. The van der Waals surface area contributed by atoms with Gasteiger partial charge in [0.2, 0.25) is 5.91 Å². The first-order chi connectivity index (χ1) is 6.02. The molecule has 0 aliphatic rings. The molecular weight excluding hydrogens is 186 g/mol. The molecular formula is C9H11NO2S. The lowest BCUT2D eigenvalue weighted by molar-refractivity contribution is -0.117. The first-order valence-corrected chi connectivity index (χ1v) is 5.46. The Hall–Kier alpha value is -1.29. The van der Waals surface area contributed by atoms with Crippen molar-refractivity contribution >= 4 is 21.5 Å². The van der Waals surface area contributed by atoms with E-state index in [1.807, 2.05) is 6.07 Å². The molecule has 13 heavy (non-hydrogen) atoms. The van der Waals surface area contributed by atoms with Gasteiger partial charge in [0.1, 0.15) is 0 Å². The van der Waals surface area contributed by atoms with E-state index in [1.165, 1.54) is 6.92 Å². The topological polar surface area (TPSA) is 46.2 Å². The maximum Gasteiger partial charge on any atom is 0.228 e. The predicted molar refractivity (Wildman–Crippen MR) is 53.8 cm³/mol. The third-order valence-electron chi connectivity index (χ3n) is 1.43. The van der Waals surface area contributed by atoms with Crippen LogP contribution in [0.15, 0.2) is 35.2 Å². The molecule has 1 amide bonds. The Bertz CT molecular complexity index is 395. The van der Waals surface area contributed by atoms with Crippen LogP contribution in [0.1, 0.15) is 6.92 Å². The molecule has 0 heterocycles. The molecule has 1 unspecified atom stereocenters. The average molecular weight is 197 g/mol. The van der Waals surface area contributed by atoms with E-state index in [9.17, 15) is 9.00 Å². The van der Waals surface area contributed by atoms with Gasteiger partial charge in [-0.05, 0) is 18.0 Å². The standard InChI is InChI=1S/C9H11NO2S/c1-8(11)10-13(2,12)9-6-4-3-5-7-9/h3-7H,2H2,1H3,(H,10,11,12). The van der Waals surface area contributed by atoms with Gasteiger partial charge in [0.05, 0.1) is 9.71 Å². The Balaban J connectivity index is 3.02. The van der Waals surface area contributed by atoms with Crippen LogP contribution < -0.4 is 4.72 Å². The third kappa shape index (κ3) is 2.59. The van der Waals surface area contributed by atoms with Crippen molar-refractivity contribution < 1.29 is 9.00 Å². The lowest BCUT2D eigenvalue weighted by Crippen LogP contribution is -2.27. The summed E-state index contributed by atoms with van der Waals surface area (Å²) in [6.07, 6.45) is 0. The molecule has 0 aromatic heterocycles. The zero-order valence-corrected chi connectivity index (χ0v) is 8.14. The first kappa shape index (κ1) is 9.80. The highest BCUT2D eigenvalue weighted by Crippen LogP contribution is 2.06. The molecule has 1 N–H and O–H groups in total. The summed E-state index contributed by atoms with van der Waals surface area (Å²) in [5.74, 6) is 3.13. The lowest BCUT2D eigenvalue weighted by atomic mass is 10.4. The van der Waals surface area contributed by atoms with Crippen LogP contribution in [0, 0.1) is 0 Å². The highest BCUT2D eigenvalue weighted by molar-refractivity contribution is 7.99. The van der Waals surface area contributed by atoms with E-state index in [0.29, 0.717) is 4.90 Å². The Kier molecular flexibility index (Phi) is 2.72. The fourth-order valence-electron chi connectivity index (χ4n) is 0.931. The van der Waals surface area contributed by atoms with E-state index in [4.69, 9.17) is 0 Å². The summed E-state index contributed by atoms with van der Waals surface area (Å²) in [6, 6.07) is 8.66. The van der Waals surface area contributed by atoms with E-state index in [-0.39, 0.29) is 5.91 Å². The van der Waals surface area contributed by atoms with Crippen LogP contribution in [0.5, 0.6) is 0 Å². The number of hydrogen-bond donors (Lipinski definition) is 1. The molecule has 1 aromatic carbocycles. The van der Waals surface area contributed by atoms with Crippen molar-refractivity contribution in [2.75, 3.05) is 0 Å². The molecule has 0 saturated carbocycles.